The lowest BCUT2D eigenvalue weighted by Crippen LogP contribution is -2.57. The van der Waals surface area contributed by atoms with Gasteiger partial charge >= 0.3 is 0 Å². The summed E-state index contributed by atoms with van der Waals surface area (Å²) in [5.41, 5.74) is 0. The number of nitrogens with one attached hydrogen (secondary N) is 1. The second-order valence-corrected chi connectivity index (χ2v) is 11.0. The van der Waals surface area contributed by atoms with E-state index >= 15 is 0 Å². The molecule has 3 aliphatic rings. The van der Waals surface area contributed by atoms with Gasteiger partial charge < -0.3 is 24.8 Å². The molecule has 3 heterocycles. The van der Waals surface area contributed by atoms with Crippen molar-refractivity contribution < 1.29 is 27.8 Å². The number of fused-ring (bicyclic) bond motifs is 1. The molecule has 3 saturated heterocycles. The zero-order chi connectivity index (χ0) is 23.3. The number of hydrogen-bond donors (Lipinski definition) is 2. The van der Waals surface area contributed by atoms with Gasteiger partial charge in [-0.2, -0.15) is 4.31 Å². The number of carbonyl (C=O) groups is 1. The molecule has 33 heavy (non-hydrogen) atoms. The van der Waals surface area contributed by atoms with Gasteiger partial charge in [0.1, 0.15) is 0 Å². The Morgan fingerprint density at radius 2 is 1.88 bits per heavy atom. The highest BCUT2D eigenvalue weighted by Crippen LogP contribution is 2.31. The minimum atomic E-state index is -3.81. The molecule has 184 valence electrons. The summed E-state index contributed by atoms with van der Waals surface area (Å²) in [7, 11) is -3.81. The van der Waals surface area contributed by atoms with Crippen molar-refractivity contribution in [1.29, 1.82) is 0 Å². The first kappa shape index (κ1) is 24.6. The maximum Gasteiger partial charge on any atom is 0.243 e. The summed E-state index contributed by atoms with van der Waals surface area (Å²) in [5, 5.41) is 13.3. The molecule has 4 rings (SSSR count). The lowest BCUT2D eigenvalue weighted by atomic mass is 9.96. The predicted octanol–water partition coefficient (Wildman–Crippen LogP) is 0.587. The van der Waals surface area contributed by atoms with Crippen molar-refractivity contribution in [2.45, 2.75) is 61.4 Å². The van der Waals surface area contributed by atoms with E-state index in [4.69, 9.17) is 9.47 Å². The molecule has 1 amide bonds. The average Bonchev–Trinajstić information content (AvgIpc) is 3.31. The Balaban J connectivity index is 1.37. The van der Waals surface area contributed by atoms with Crippen LogP contribution in [-0.4, -0.2) is 98.9 Å². The number of nitrogens with zero attached hydrogens (tertiary/aromatic N) is 2. The second-order valence-electron chi connectivity index (χ2n) is 9.12. The van der Waals surface area contributed by atoms with Crippen LogP contribution < -0.4 is 5.32 Å². The normalized spacial score (nSPS) is 29.7. The van der Waals surface area contributed by atoms with Crippen LogP contribution in [0.2, 0.25) is 0 Å². The highest BCUT2D eigenvalue weighted by molar-refractivity contribution is 7.89. The molecule has 9 nitrogen and oxygen atoms in total. The molecule has 10 heteroatoms. The van der Waals surface area contributed by atoms with Crippen LogP contribution in [0.3, 0.4) is 0 Å². The van der Waals surface area contributed by atoms with Gasteiger partial charge in [-0.3, -0.25) is 4.79 Å². The van der Waals surface area contributed by atoms with Crippen LogP contribution in [-0.2, 0) is 24.3 Å². The maximum absolute atomic E-state index is 13.4. The molecule has 3 fully saturated rings. The number of ether oxygens (including phenoxy) is 2. The first-order chi connectivity index (χ1) is 15.9. The van der Waals surface area contributed by atoms with Gasteiger partial charge in [-0.15, -0.1) is 0 Å². The van der Waals surface area contributed by atoms with E-state index in [1.807, 2.05) is 0 Å². The number of sulfonamides is 1. The molecule has 0 radical (unpaired) electrons. The van der Waals surface area contributed by atoms with Gasteiger partial charge in [-0.1, -0.05) is 18.2 Å². The standard InChI is InChI=1S/C23H35N3O6S/c27-18-15-26(33(29,30)20-6-2-1-3-7-20)21-9-8-19(32-22(21)17-31-16-18)14-23(28)24-10-13-25-11-4-5-12-25/h1-3,6-7,18-19,21-22,27H,4-5,8-17H2,(H,24,28)/t18-,19-,21+,22-/m1/s1. The van der Waals surface area contributed by atoms with Crippen LogP contribution in [0.1, 0.15) is 32.1 Å². The van der Waals surface area contributed by atoms with E-state index in [1.165, 1.54) is 17.1 Å². The van der Waals surface area contributed by atoms with Crippen molar-refractivity contribution >= 4 is 15.9 Å². The molecule has 0 spiro atoms. The number of likely N-dealkylation sites (tertiary alicyclic amines) is 1. The van der Waals surface area contributed by atoms with E-state index < -0.39 is 28.3 Å². The van der Waals surface area contributed by atoms with Gasteiger partial charge in [0.25, 0.3) is 0 Å². The third-order valence-electron chi connectivity index (χ3n) is 6.65. The van der Waals surface area contributed by atoms with E-state index in [0.717, 1.165) is 19.6 Å². The molecule has 1 aromatic carbocycles. The number of rotatable bonds is 7. The summed E-state index contributed by atoms with van der Waals surface area (Å²) < 4.78 is 39.9. The summed E-state index contributed by atoms with van der Waals surface area (Å²) in [5.74, 6) is -0.0476. The summed E-state index contributed by atoms with van der Waals surface area (Å²) >= 11 is 0. The number of hydrogen-bond acceptors (Lipinski definition) is 7. The van der Waals surface area contributed by atoms with Crippen LogP contribution in [0.25, 0.3) is 0 Å². The molecule has 3 aliphatic heterocycles. The summed E-state index contributed by atoms with van der Waals surface area (Å²) in [4.78, 5) is 15.0. The largest absolute Gasteiger partial charge is 0.389 e. The number of aliphatic hydroxyl groups excluding tert-OH is 1. The number of benzene rings is 1. The Kier molecular flexibility index (Phi) is 8.37. The maximum atomic E-state index is 13.4. The smallest absolute Gasteiger partial charge is 0.243 e. The van der Waals surface area contributed by atoms with E-state index in [9.17, 15) is 18.3 Å². The quantitative estimate of drug-likeness (QED) is 0.587. The molecule has 4 atom stereocenters. The van der Waals surface area contributed by atoms with Crippen molar-refractivity contribution in [1.82, 2.24) is 14.5 Å². The van der Waals surface area contributed by atoms with E-state index in [1.54, 1.807) is 30.3 Å². The fourth-order valence-electron chi connectivity index (χ4n) is 4.94. The first-order valence-corrected chi connectivity index (χ1v) is 13.3. The van der Waals surface area contributed by atoms with E-state index in [-0.39, 0.29) is 43.1 Å². The third kappa shape index (κ3) is 6.32. The van der Waals surface area contributed by atoms with E-state index in [0.29, 0.717) is 19.4 Å². The summed E-state index contributed by atoms with van der Waals surface area (Å²) in [6.07, 6.45) is 2.11. The monoisotopic (exact) mass is 481 g/mol. The van der Waals surface area contributed by atoms with Crippen molar-refractivity contribution in [3.8, 4) is 0 Å². The van der Waals surface area contributed by atoms with E-state index in [2.05, 4.69) is 10.2 Å². The molecule has 2 N–H and O–H groups in total. The Labute approximate surface area is 196 Å². The van der Waals surface area contributed by atoms with Gasteiger partial charge in [0.05, 0.1) is 48.9 Å². The Bertz CT molecular complexity index is 877. The first-order valence-electron chi connectivity index (χ1n) is 11.9. The number of β-amino-alcohol motifs (C(OH)–C–C–N with tert-alkyl or cyclic N) is 1. The van der Waals surface area contributed by atoms with Crippen molar-refractivity contribution in [2.24, 2.45) is 0 Å². The fourth-order valence-corrected chi connectivity index (χ4v) is 6.68. The summed E-state index contributed by atoms with van der Waals surface area (Å²) in [6.45, 7) is 3.85. The average molecular weight is 482 g/mol. The lowest BCUT2D eigenvalue weighted by Gasteiger charge is -2.43. The van der Waals surface area contributed by atoms with Crippen molar-refractivity contribution in [3.05, 3.63) is 30.3 Å². The number of amides is 1. The van der Waals surface area contributed by atoms with Gasteiger partial charge in [-0.25, -0.2) is 8.42 Å². The Morgan fingerprint density at radius 3 is 2.64 bits per heavy atom. The zero-order valence-electron chi connectivity index (χ0n) is 19.0. The molecule has 0 saturated carbocycles. The van der Waals surface area contributed by atoms with Gasteiger partial charge in [-0.05, 0) is 50.9 Å². The number of aliphatic hydroxyl groups is 1. The zero-order valence-corrected chi connectivity index (χ0v) is 19.8. The molecular weight excluding hydrogens is 446 g/mol. The molecule has 0 aromatic heterocycles. The Morgan fingerprint density at radius 1 is 1.12 bits per heavy atom. The molecular formula is C23H35N3O6S. The van der Waals surface area contributed by atoms with Gasteiger partial charge in [0, 0.05) is 19.6 Å². The van der Waals surface area contributed by atoms with Crippen molar-refractivity contribution in [3.63, 3.8) is 0 Å². The van der Waals surface area contributed by atoms with Crippen LogP contribution in [0.4, 0.5) is 0 Å². The fraction of sp³-hybridized carbons (Fsp3) is 0.696. The minimum Gasteiger partial charge on any atom is -0.389 e. The molecule has 1 aromatic rings. The van der Waals surface area contributed by atoms with Crippen LogP contribution in [0.5, 0.6) is 0 Å². The van der Waals surface area contributed by atoms with Crippen LogP contribution in [0, 0.1) is 0 Å². The van der Waals surface area contributed by atoms with Crippen molar-refractivity contribution in [2.75, 3.05) is 45.9 Å². The highest BCUT2D eigenvalue weighted by Gasteiger charge is 2.43. The number of carbonyl (C=O) groups excluding carboxylic acids is 1. The lowest BCUT2D eigenvalue weighted by molar-refractivity contribution is -0.146. The SMILES string of the molecule is O=C(C[C@H]1CC[C@H]2[C@@H](COC[C@H](O)CN2S(=O)(=O)c2ccccc2)O1)NCCN1CCCC1. The van der Waals surface area contributed by atoms with Crippen LogP contribution >= 0.6 is 0 Å². The molecule has 0 unspecified atom stereocenters. The predicted molar refractivity (Wildman–Crippen MR) is 122 cm³/mol. The summed E-state index contributed by atoms with van der Waals surface area (Å²) in [6, 6.07) is 7.80. The Hall–Kier alpha value is -1.56. The minimum absolute atomic E-state index is 0.0367. The van der Waals surface area contributed by atoms with Gasteiger partial charge in [0.15, 0.2) is 0 Å². The third-order valence-corrected chi connectivity index (χ3v) is 8.55. The molecule has 0 aliphatic carbocycles. The van der Waals surface area contributed by atoms with Crippen LogP contribution in [0.15, 0.2) is 35.2 Å². The highest BCUT2D eigenvalue weighted by atomic mass is 32.2. The second kappa shape index (κ2) is 11.2. The topological polar surface area (TPSA) is 108 Å². The molecule has 0 bridgehead atoms. The van der Waals surface area contributed by atoms with Gasteiger partial charge in [0.2, 0.25) is 15.9 Å².